The molecule has 114 valence electrons. The lowest BCUT2D eigenvalue weighted by atomic mass is 10.1. The van der Waals surface area contributed by atoms with Crippen LogP contribution in [0.15, 0.2) is 30.3 Å². The fraction of sp³-hybridized carbons (Fsp3) is 0. The van der Waals surface area contributed by atoms with Gasteiger partial charge in [0.2, 0.25) is 0 Å². The molecule has 2 aromatic rings. The van der Waals surface area contributed by atoms with Crippen LogP contribution in [0.25, 0.3) is 0 Å². The van der Waals surface area contributed by atoms with Crippen molar-refractivity contribution in [1.29, 1.82) is 0 Å². The van der Waals surface area contributed by atoms with Gasteiger partial charge >= 0.3 is 0 Å². The maximum Gasteiger partial charge on any atom is 0.260 e. The first-order chi connectivity index (χ1) is 10.3. The van der Waals surface area contributed by atoms with E-state index in [2.05, 4.69) is 5.32 Å². The van der Waals surface area contributed by atoms with E-state index in [1.165, 1.54) is 18.2 Å². The van der Waals surface area contributed by atoms with Crippen LogP contribution in [-0.2, 0) is 0 Å². The number of carbonyl (C=O) groups excluding carboxylic acids is 2. The lowest BCUT2D eigenvalue weighted by molar-refractivity contribution is 0.0996. The Balaban J connectivity index is 2.44. The third-order valence-corrected chi connectivity index (χ3v) is 3.18. The fourth-order valence-electron chi connectivity index (χ4n) is 1.78. The second-order valence-corrected chi connectivity index (χ2v) is 4.72. The SMILES string of the molecule is NC(=O)c1ccc(Cl)c(C(=O)Nc2cccc(N)c2F)c1F. The van der Waals surface area contributed by atoms with Crippen molar-refractivity contribution >= 4 is 34.8 Å². The molecule has 0 spiro atoms. The van der Waals surface area contributed by atoms with Crippen LogP contribution in [0.1, 0.15) is 20.7 Å². The molecule has 5 nitrogen and oxygen atoms in total. The molecule has 0 radical (unpaired) electrons. The molecule has 0 heterocycles. The summed E-state index contributed by atoms with van der Waals surface area (Å²) >= 11 is 5.77. The zero-order valence-electron chi connectivity index (χ0n) is 11.0. The standard InChI is InChI=1S/C14H10ClF2N3O2/c15-7-5-4-6(13(19)21)11(16)10(7)14(22)20-9-3-1-2-8(18)12(9)17/h1-5H,18H2,(H2,19,21)(H,20,22). The van der Waals surface area contributed by atoms with Crippen molar-refractivity contribution in [3.05, 3.63) is 58.1 Å². The molecule has 0 aliphatic rings. The molecule has 0 aliphatic carbocycles. The average molecular weight is 326 g/mol. The van der Waals surface area contributed by atoms with Crippen LogP contribution in [0, 0.1) is 11.6 Å². The van der Waals surface area contributed by atoms with E-state index in [4.69, 9.17) is 23.1 Å². The Bertz CT molecular complexity index is 781. The minimum absolute atomic E-state index is 0.185. The first-order valence-electron chi connectivity index (χ1n) is 5.96. The highest BCUT2D eigenvalue weighted by Gasteiger charge is 2.22. The topological polar surface area (TPSA) is 98.2 Å². The number of nitrogens with one attached hydrogen (secondary N) is 1. The third-order valence-electron chi connectivity index (χ3n) is 2.86. The Kier molecular flexibility index (Phi) is 4.27. The number of nitrogen functional groups attached to an aromatic ring is 1. The Labute approximate surface area is 128 Å². The molecule has 0 fully saturated rings. The summed E-state index contributed by atoms with van der Waals surface area (Å²) in [5.41, 5.74) is 8.83. The number of primary amides is 1. The Morgan fingerprint density at radius 3 is 2.41 bits per heavy atom. The van der Waals surface area contributed by atoms with Gasteiger partial charge in [0.1, 0.15) is 5.82 Å². The van der Waals surface area contributed by atoms with Crippen molar-refractivity contribution < 1.29 is 18.4 Å². The van der Waals surface area contributed by atoms with E-state index in [0.29, 0.717) is 0 Å². The number of rotatable bonds is 3. The zero-order valence-corrected chi connectivity index (χ0v) is 11.7. The predicted molar refractivity (Wildman–Crippen MR) is 78.7 cm³/mol. The minimum atomic E-state index is -1.18. The van der Waals surface area contributed by atoms with Crippen molar-refractivity contribution in [1.82, 2.24) is 0 Å². The molecule has 8 heteroatoms. The molecule has 2 rings (SSSR count). The molecular formula is C14H10ClF2N3O2. The second-order valence-electron chi connectivity index (χ2n) is 4.31. The lowest BCUT2D eigenvalue weighted by Gasteiger charge is -2.11. The first kappa shape index (κ1) is 15.7. The molecule has 0 atom stereocenters. The number of benzene rings is 2. The summed E-state index contributed by atoms with van der Waals surface area (Å²) in [4.78, 5) is 23.2. The number of carbonyl (C=O) groups is 2. The van der Waals surface area contributed by atoms with Gasteiger partial charge in [-0.1, -0.05) is 17.7 Å². The normalized spacial score (nSPS) is 10.3. The second kappa shape index (κ2) is 5.98. The molecule has 0 aliphatic heterocycles. The van der Waals surface area contributed by atoms with Crippen molar-refractivity contribution in [3.63, 3.8) is 0 Å². The zero-order chi connectivity index (χ0) is 16.4. The van der Waals surface area contributed by atoms with Gasteiger partial charge < -0.3 is 16.8 Å². The van der Waals surface area contributed by atoms with Crippen LogP contribution in [0.2, 0.25) is 5.02 Å². The molecule has 0 saturated carbocycles. The molecule has 22 heavy (non-hydrogen) atoms. The molecule has 2 aromatic carbocycles. The van der Waals surface area contributed by atoms with Gasteiger partial charge in [-0.2, -0.15) is 0 Å². The van der Waals surface area contributed by atoms with E-state index in [9.17, 15) is 18.4 Å². The number of hydrogen-bond donors (Lipinski definition) is 3. The van der Waals surface area contributed by atoms with E-state index < -0.39 is 34.6 Å². The van der Waals surface area contributed by atoms with Crippen molar-refractivity contribution in [2.75, 3.05) is 11.1 Å². The minimum Gasteiger partial charge on any atom is -0.396 e. The van der Waals surface area contributed by atoms with Gasteiger partial charge in [-0.05, 0) is 24.3 Å². The number of amides is 2. The summed E-state index contributed by atoms with van der Waals surface area (Å²) in [5.74, 6) is -4.13. The molecule has 0 unspecified atom stereocenters. The first-order valence-corrected chi connectivity index (χ1v) is 6.34. The van der Waals surface area contributed by atoms with Gasteiger partial charge in [0.25, 0.3) is 11.8 Å². The van der Waals surface area contributed by atoms with Gasteiger partial charge in [-0.25, -0.2) is 8.78 Å². The van der Waals surface area contributed by atoms with Crippen LogP contribution in [0.4, 0.5) is 20.2 Å². The fourth-order valence-corrected chi connectivity index (χ4v) is 2.01. The quantitative estimate of drug-likeness (QED) is 0.756. The molecule has 2 amide bonds. The van der Waals surface area contributed by atoms with E-state index in [-0.39, 0.29) is 16.4 Å². The molecule has 0 bridgehead atoms. The van der Waals surface area contributed by atoms with Crippen molar-refractivity contribution in [2.24, 2.45) is 5.73 Å². The largest absolute Gasteiger partial charge is 0.396 e. The van der Waals surface area contributed by atoms with Crippen LogP contribution < -0.4 is 16.8 Å². The van der Waals surface area contributed by atoms with Crippen LogP contribution in [0.3, 0.4) is 0 Å². The van der Waals surface area contributed by atoms with Gasteiger partial charge in [-0.3, -0.25) is 9.59 Å². The molecule has 5 N–H and O–H groups in total. The summed E-state index contributed by atoms with van der Waals surface area (Å²) in [6.45, 7) is 0. The van der Waals surface area contributed by atoms with Crippen LogP contribution in [0.5, 0.6) is 0 Å². The summed E-state index contributed by atoms with van der Waals surface area (Å²) in [6, 6.07) is 6.15. The van der Waals surface area contributed by atoms with Gasteiger partial charge in [0.05, 0.1) is 27.5 Å². The molecular weight excluding hydrogens is 316 g/mol. The lowest BCUT2D eigenvalue weighted by Crippen LogP contribution is -2.20. The number of halogens is 3. The summed E-state index contributed by atoms with van der Waals surface area (Å²) in [7, 11) is 0. The van der Waals surface area contributed by atoms with Crippen molar-refractivity contribution in [3.8, 4) is 0 Å². The van der Waals surface area contributed by atoms with E-state index in [0.717, 1.165) is 12.1 Å². The van der Waals surface area contributed by atoms with Crippen LogP contribution >= 0.6 is 11.6 Å². The van der Waals surface area contributed by atoms with Gasteiger partial charge in [0.15, 0.2) is 5.82 Å². The number of nitrogens with two attached hydrogens (primary N) is 2. The van der Waals surface area contributed by atoms with E-state index in [1.54, 1.807) is 0 Å². The van der Waals surface area contributed by atoms with Crippen molar-refractivity contribution in [2.45, 2.75) is 0 Å². The van der Waals surface area contributed by atoms with Gasteiger partial charge in [-0.15, -0.1) is 0 Å². The summed E-state index contributed by atoms with van der Waals surface area (Å²) in [6.07, 6.45) is 0. The third kappa shape index (κ3) is 2.84. The van der Waals surface area contributed by atoms with Crippen LogP contribution in [-0.4, -0.2) is 11.8 Å². The highest BCUT2D eigenvalue weighted by atomic mass is 35.5. The highest BCUT2D eigenvalue weighted by molar-refractivity contribution is 6.34. The summed E-state index contributed by atoms with van der Waals surface area (Å²) < 4.78 is 27.9. The maximum atomic E-state index is 14.2. The Hall–Kier alpha value is -2.67. The molecule has 0 aromatic heterocycles. The van der Waals surface area contributed by atoms with E-state index in [1.807, 2.05) is 0 Å². The summed E-state index contributed by atoms with van der Waals surface area (Å²) in [5, 5.41) is 1.90. The highest BCUT2D eigenvalue weighted by Crippen LogP contribution is 2.25. The average Bonchev–Trinajstić information content (AvgIpc) is 2.43. The Morgan fingerprint density at radius 2 is 1.77 bits per heavy atom. The Morgan fingerprint density at radius 1 is 1.09 bits per heavy atom. The number of anilines is 2. The van der Waals surface area contributed by atoms with Gasteiger partial charge in [0, 0.05) is 0 Å². The van der Waals surface area contributed by atoms with E-state index >= 15 is 0 Å². The monoisotopic (exact) mass is 325 g/mol. The smallest absolute Gasteiger partial charge is 0.260 e. The molecule has 0 saturated heterocycles. The predicted octanol–water partition coefficient (Wildman–Crippen LogP) is 2.55. The maximum absolute atomic E-state index is 14.2. The number of hydrogen-bond acceptors (Lipinski definition) is 3.